The fourth-order valence-corrected chi connectivity index (χ4v) is 3.63. The molecule has 1 unspecified atom stereocenters. The van der Waals surface area contributed by atoms with Gasteiger partial charge in [0, 0.05) is 37.8 Å². The number of benzene rings is 1. The molecule has 1 aromatic heterocycles. The van der Waals surface area contributed by atoms with Gasteiger partial charge < -0.3 is 11.1 Å². The van der Waals surface area contributed by atoms with E-state index in [9.17, 15) is 13.6 Å². The van der Waals surface area contributed by atoms with E-state index >= 15 is 0 Å². The van der Waals surface area contributed by atoms with Crippen LogP contribution >= 0.6 is 0 Å². The van der Waals surface area contributed by atoms with Gasteiger partial charge in [-0.3, -0.25) is 9.69 Å². The van der Waals surface area contributed by atoms with E-state index in [2.05, 4.69) is 15.2 Å². The number of nitrogens with one attached hydrogen (secondary N) is 1. The number of hydrogen-bond donors (Lipinski definition) is 2. The van der Waals surface area contributed by atoms with E-state index in [0.29, 0.717) is 23.7 Å². The molecule has 0 spiro atoms. The first kappa shape index (κ1) is 20.2. The van der Waals surface area contributed by atoms with E-state index in [-0.39, 0.29) is 12.5 Å². The Morgan fingerprint density at radius 1 is 1.29 bits per heavy atom. The number of likely N-dealkylation sites (tertiary alicyclic amines) is 1. The van der Waals surface area contributed by atoms with Crippen LogP contribution < -0.4 is 11.1 Å². The lowest BCUT2D eigenvalue weighted by Crippen LogP contribution is -2.35. The minimum atomic E-state index is -0.900. The monoisotopic (exact) mass is 388 g/mol. The highest BCUT2D eigenvalue weighted by atomic mass is 19.2. The van der Waals surface area contributed by atoms with Gasteiger partial charge in [0.1, 0.15) is 5.82 Å². The predicted molar refractivity (Wildman–Crippen MR) is 104 cm³/mol. The van der Waals surface area contributed by atoms with Crippen LogP contribution in [0, 0.1) is 17.6 Å². The Labute approximate surface area is 163 Å². The van der Waals surface area contributed by atoms with E-state index < -0.39 is 11.6 Å². The number of carbonyl (C=O) groups is 1. The number of anilines is 1. The van der Waals surface area contributed by atoms with Crippen molar-refractivity contribution in [2.45, 2.75) is 38.8 Å². The first-order chi connectivity index (χ1) is 13.5. The zero-order chi connectivity index (χ0) is 19.9. The highest BCUT2D eigenvalue weighted by Crippen LogP contribution is 2.23. The second kappa shape index (κ2) is 9.59. The lowest BCUT2D eigenvalue weighted by atomic mass is 9.93. The van der Waals surface area contributed by atoms with Gasteiger partial charge in [0.25, 0.3) is 0 Å². The van der Waals surface area contributed by atoms with E-state index in [1.54, 1.807) is 6.20 Å². The molecule has 1 aliphatic heterocycles. The van der Waals surface area contributed by atoms with Crippen LogP contribution in [0.1, 0.15) is 36.8 Å². The quantitative estimate of drug-likeness (QED) is 0.764. The summed E-state index contributed by atoms with van der Waals surface area (Å²) in [5, 5.41) is 2.78. The maximum atomic E-state index is 13.2. The lowest BCUT2D eigenvalue weighted by Gasteiger charge is -2.32. The molecule has 3 rings (SSSR count). The number of carbonyl (C=O) groups excluding carboxylic acids is 1. The third-order valence-electron chi connectivity index (χ3n) is 5.18. The molecule has 1 fully saturated rings. The number of nitrogens with zero attached hydrogens (tertiary/aromatic N) is 2. The maximum absolute atomic E-state index is 13.2. The Morgan fingerprint density at radius 3 is 2.93 bits per heavy atom. The summed E-state index contributed by atoms with van der Waals surface area (Å²) in [6, 6.07) is 7.55. The van der Waals surface area contributed by atoms with Crippen molar-refractivity contribution in [2.24, 2.45) is 5.92 Å². The maximum Gasteiger partial charge on any atom is 0.220 e. The lowest BCUT2D eigenvalue weighted by molar-refractivity contribution is -0.121. The van der Waals surface area contributed by atoms with E-state index in [4.69, 9.17) is 5.73 Å². The molecule has 1 aliphatic rings. The molecule has 0 saturated carbocycles. The van der Waals surface area contributed by atoms with Crippen LogP contribution in [-0.2, 0) is 17.9 Å². The van der Waals surface area contributed by atoms with Crippen LogP contribution in [0.3, 0.4) is 0 Å². The summed E-state index contributed by atoms with van der Waals surface area (Å²) in [5.74, 6) is -0.825. The number of amides is 1. The zero-order valence-corrected chi connectivity index (χ0v) is 15.8. The summed E-state index contributed by atoms with van der Waals surface area (Å²) in [6.07, 6.45) is 5.13. The van der Waals surface area contributed by atoms with E-state index in [1.165, 1.54) is 6.07 Å². The van der Waals surface area contributed by atoms with Crippen LogP contribution in [0.15, 0.2) is 36.5 Å². The minimum absolute atomic E-state index is 0.0710. The smallest absolute Gasteiger partial charge is 0.220 e. The minimum Gasteiger partial charge on any atom is -0.383 e. The molecule has 2 heterocycles. The number of rotatable bonds is 7. The normalized spacial score (nSPS) is 17.4. The molecule has 0 bridgehead atoms. The molecule has 0 aliphatic carbocycles. The Bertz CT molecular complexity index is 815. The van der Waals surface area contributed by atoms with Crippen molar-refractivity contribution in [3.63, 3.8) is 0 Å². The molecule has 150 valence electrons. The number of hydrogen-bond acceptors (Lipinski definition) is 4. The molecule has 3 N–H and O–H groups in total. The van der Waals surface area contributed by atoms with Crippen LogP contribution in [0.25, 0.3) is 0 Å². The number of nitrogens with two attached hydrogens (primary N) is 1. The molecule has 1 amide bonds. The SMILES string of the molecule is Nc1ncccc1CN1CCCC(CCC(=O)NCc2ccc(F)c(F)c2)C1. The molecular weight excluding hydrogens is 362 g/mol. The number of nitrogen functional groups attached to an aromatic ring is 1. The average molecular weight is 388 g/mol. The summed E-state index contributed by atoms with van der Waals surface area (Å²) >= 11 is 0. The average Bonchev–Trinajstić information content (AvgIpc) is 2.69. The topological polar surface area (TPSA) is 71.2 Å². The van der Waals surface area contributed by atoms with Crippen molar-refractivity contribution < 1.29 is 13.6 Å². The summed E-state index contributed by atoms with van der Waals surface area (Å²) in [5.41, 5.74) is 7.52. The first-order valence-electron chi connectivity index (χ1n) is 9.63. The second-order valence-electron chi connectivity index (χ2n) is 7.36. The number of aromatic nitrogens is 1. The van der Waals surface area contributed by atoms with Crippen LogP contribution in [-0.4, -0.2) is 28.9 Å². The number of piperidine rings is 1. The Morgan fingerprint density at radius 2 is 2.14 bits per heavy atom. The van der Waals surface area contributed by atoms with Gasteiger partial charge in [0.05, 0.1) is 0 Å². The second-order valence-corrected chi connectivity index (χ2v) is 7.36. The summed E-state index contributed by atoms with van der Waals surface area (Å²) < 4.78 is 26.1. The number of halogens is 2. The first-order valence-corrected chi connectivity index (χ1v) is 9.63. The van der Waals surface area contributed by atoms with Gasteiger partial charge in [-0.1, -0.05) is 12.1 Å². The molecule has 28 heavy (non-hydrogen) atoms. The van der Waals surface area contributed by atoms with Crippen LogP contribution in [0.5, 0.6) is 0 Å². The molecule has 0 radical (unpaired) electrons. The standard InChI is InChI=1S/C21H26F2N4O/c22-18-7-5-16(11-19(18)23)12-26-20(28)8-6-15-3-2-10-27(13-15)14-17-4-1-9-25-21(17)24/h1,4-5,7,9,11,15H,2-3,6,8,10,12-14H2,(H2,24,25)(H,26,28). The van der Waals surface area contributed by atoms with Gasteiger partial charge in [-0.2, -0.15) is 0 Å². The molecule has 7 heteroatoms. The molecule has 1 aromatic carbocycles. The van der Waals surface area contributed by atoms with E-state index in [1.807, 2.05) is 12.1 Å². The van der Waals surface area contributed by atoms with Gasteiger partial charge in [-0.05, 0) is 55.5 Å². The van der Waals surface area contributed by atoms with Gasteiger partial charge in [-0.25, -0.2) is 13.8 Å². The van der Waals surface area contributed by atoms with Crippen molar-refractivity contribution >= 4 is 11.7 Å². The highest BCUT2D eigenvalue weighted by Gasteiger charge is 2.21. The van der Waals surface area contributed by atoms with Crippen LogP contribution in [0.2, 0.25) is 0 Å². The van der Waals surface area contributed by atoms with E-state index in [0.717, 1.165) is 56.6 Å². The van der Waals surface area contributed by atoms with Gasteiger partial charge in [0.2, 0.25) is 5.91 Å². The molecular formula is C21H26F2N4O. The van der Waals surface area contributed by atoms with Crippen molar-refractivity contribution in [1.29, 1.82) is 0 Å². The Kier molecular flexibility index (Phi) is 6.92. The summed E-state index contributed by atoms with van der Waals surface area (Å²) in [4.78, 5) is 18.6. The Balaban J connectivity index is 1.41. The molecule has 5 nitrogen and oxygen atoms in total. The fourth-order valence-electron chi connectivity index (χ4n) is 3.63. The van der Waals surface area contributed by atoms with Gasteiger partial charge in [-0.15, -0.1) is 0 Å². The van der Waals surface area contributed by atoms with Gasteiger partial charge >= 0.3 is 0 Å². The Hall–Kier alpha value is -2.54. The highest BCUT2D eigenvalue weighted by molar-refractivity contribution is 5.75. The predicted octanol–water partition coefficient (Wildman–Crippen LogP) is 3.25. The largest absolute Gasteiger partial charge is 0.383 e. The number of pyridine rings is 1. The molecule has 1 saturated heterocycles. The van der Waals surface area contributed by atoms with Crippen molar-refractivity contribution in [3.8, 4) is 0 Å². The van der Waals surface area contributed by atoms with Crippen molar-refractivity contribution in [1.82, 2.24) is 15.2 Å². The van der Waals surface area contributed by atoms with Crippen LogP contribution in [0.4, 0.5) is 14.6 Å². The molecule has 2 aromatic rings. The fraction of sp³-hybridized carbons (Fsp3) is 0.429. The third kappa shape index (κ3) is 5.73. The van der Waals surface area contributed by atoms with Crippen molar-refractivity contribution in [3.05, 3.63) is 59.3 Å². The zero-order valence-electron chi connectivity index (χ0n) is 15.8. The molecule has 1 atom stereocenters. The summed E-state index contributed by atoms with van der Waals surface area (Å²) in [6.45, 7) is 2.93. The third-order valence-corrected chi connectivity index (χ3v) is 5.18. The van der Waals surface area contributed by atoms with Gasteiger partial charge in [0.15, 0.2) is 11.6 Å². The van der Waals surface area contributed by atoms with Crippen molar-refractivity contribution in [2.75, 3.05) is 18.8 Å². The summed E-state index contributed by atoms with van der Waals surface area (Å²) in [7, 11) is 0.